The molecule has 196 valence electrons. The highest BCUT2D eigenvalue weighted by Gasteiger charge is 2.34. The quantitative estimate of drug-likeness (QED) is 0.231. The van der Waals surface area contributed by atoms with Crippen LogP contribution in [0.25, 0.3) is 0 Å². The number of phosphoric acid groups is 2. The van der Waals surface area contributed by atoms with Crippen LogP contribution in [0.1, 0.15) is 26.2 Å². The highest BCUT2D eigenvalue weighted by molar-refractivity contribution is 7.47. The molecule has 1 saturated heterocycles. The fourth-order valence-corrected chi connectivity index (χ4v) is 5.87. The predicted molar refractivity (Wildman–Crippen MR) is 123 cm³/mol. The van der Waals surface area contributed by atoms with Crippen molar-refractivity contribution in [1.29, 1.82) is 0 Å². The summed E-state index contributed by atoms with van der Waals surface area (Å²) in [6.07, 6.45) is 1.79. The minimum atomic E-state index is -4.33. The van der Waals surface area contributed by atoms with Gasteiger partial charge in [-0.15, -0.1) is 0 Å². The van der Waals surface area contributed by atoms with E-state index in [-0.39, 0.29) is 38.4 Å². The number of rotatable bonds is 15. The van der Waals surface area contributed by atoms with Gasteiger partial charge in [0.05, 0.1) is 26.4 Å². The average molecular weight is 517 g/mol. The van der Waals surface area contributed by atoms with E-state index in [9.17, 15) is 18.9 Å². The number of methoxy groups -OCH3 is 1. The van der Waals surface area contributed by atoms with Crippen LogP contribution in [0.15, 0.2) is 0 Å². The third kappa shape index (κ3) is 9.91. The standard InChI is InChI=1S/C19H41N3O9P2/c1-14-6-16(20-2)7-15(14)10-28-32(23,24)30-12-19(27-5)13-31-33(25,26)29-11-18-8-17(21-3)9-22(18)4/h14-21H,6-13H2,1-5H3,(H,23,24)(H,25,26)/t14?,15-,16-,17-,18+,19?/m1/s1. The van der Waals surface area contributed by atoms with Crippen LogP contribution < -0.4 is 10.6 Å². The maximum atomic E-state index is 12.2. The van der Waals surface area contributed by atoms with E-state index in [0.717, 1.165) is 25.8 Å². The molecule has 0 spiro atoms. The minimum absolute atomic E-state index is 0.00327. The van der Waals surface area contributed by atoms with Crippen LogP contribution in [0.5, 0.6) is 0 Å². The Morgan fingerprint density at radius 1 is 0.939 bits per heavy atom. The van der Waals surface area contributed by atoms with Crippen molar-refractivity contribution in [2.45, 2.75) is 50.4 Å². The van der Waals surface area contributed by atoms with Crippen molar-refractivity contribution < 1.29 is 41.7 Å². The maximum Gasteiger partial charge on any atom is 0.472 e. The molecule has 33 heavy (non-hydrogen) atoms. The topological polar surface area (TPSA) is 148 Å². The van der Waals surface area contributed by atoms with Crippen LogP contribution >= 0.6 is 15.6 Å². The summed E-state index contributed by atoms with van der Waals surface area (Å²) in [4.78, 5) is 22.0. The molecule has 0 aromatic carbocycles. The van der Waals surface area contributed by atoms with E-state index >= 15 is 0 Å². The molecule has 0 amide bonds. The summed E-state index contributed by atoms with van der Waals surface area (Å²) in [7, 11) is -1.59. The lowest BCUT2D eigenvalue weighted by Crippen LogP contribution is -2.30. The molecule has 1 saturated carbocycles. The number of likely N-dealkylation sites (tertiary alicyclic amines) is 1. The zero-order valence-corrected chi connectivity index (χ0v) is 22.0. The highest BCUT2D eigenvalue weighted by atomic mass is 31.2. The van der Waals surface area contributed by atoms with E-state index in [0.29, 0.717) is 18.0 Å². The SMILES string of the molecule is CN[C@@H]1CC(C)[C@@H](COP(=O)(O)OCC(COP(=O)(O)OC[C@@H]2C[C@@H](NC)CN2C)OC)C1. The van der Waals surface area contributed by atoms with E-state index in [1.165, 1.54) is 7.11 Å². The summed E-state index contributed by atoms with van der Waals surface area (Å²) in [5.41, 5.74) is 0. The van der Waals surface area contributed by atoms with Gasteiger partial charge in [0, 0.05) is 31.8 Å². The van der Waals surface area contributed by atoms with Gasteiger partial charge in [-0.1, -0.05) is 6.92 Å². The molecule has 8 atom stereocenters. The number of nitrogens with zero attached hydrogens (tertiary/aromatic N) is 1. The van der Waals surface area contributed by atoms with Crippen LogP contribution in [0.4, 0.5) is 0 Å². The van der Waals surface area contributed by atoms with E-state index < -0.39 is 21.7 Å². The number of phosphoric ester groups is 2. The third-order valence-electron chi connectivity index (χ3n) is 6.62. The summed E-state index contributed by atoms with van der Waals surface area (Å²) in [5.74, 6) is 0.530. The van der Waals surface area contributed by atoms with Crippen molar-refractivity contribution >= 4 is 15.6 Å². The van der Waals surface area contributed by atoms with Crippen LogP contribution in [-0.4, -0.2) is 100 Å². The number of ether oxygens (including phenoxy) is 1. The second-order valence-corrected chi connectivity index (χ2v) is 11.9. The Morgan fingerprint density at radius 2 is 1.52 bits per heavy atom. The first kappa shape index (κ1) is 29.3. The monoisotopic (exact) mass is 517 g/mol. The molecule has 1 aliphatic carbocycles. The molecule has 0 bridgehead atoms. The van der Waals surface area contributed by atoms with Crippen LogP contribution in [-0.2, 0) is 32.0 Å². The van der Waals surface area contributed by atoms with Crippen LogP contribution in [0.2, 0.25) is 0 Å². The maximum absolute atomic E-state index is 12.2. The molecule has 1 heterocycles. The van der Waals surface area contributed by atoms with Gasteiger partial charge in [-0.2, -0.15) is 0 Å². The summed E-state index contributed by atoms with van der Waals surface area (Å²) < 4.78 is 49.9. The van der Waals surface area contributed by atoms with E-state index in [1.807, 2.05) is 21.1 Å². The second-order valence-electron chi connectivity index (χ2n) is 8.99. The first-order valence-electron chi connectivity index (χ1n) is 11.3. The zero-order valence-electron chi connectivity index (χ0n) is 20.2. The molecule has 1 aliphatic heterocycles. The van der Waals surface area contributed by atoms with Crippen molar-refractivity contribution in [3.63, 3.8) is 0 Å². The van der Waals surface area contributed by atoms with Gasteiger partial charge in [0.25, 0.3) is 0 Å². The van der Waals surface area contributed by atoms with Crippen molar-refractivity contribution in [2.24, 2.45) is 11.8 Å². The Bertz CT molecular complexity index is 635. The Balaban J connectivity index is 1.70. The highest BCUT2D eigenvalue weighted by Crippen LogP contribution is 2.46. The largest absolute Gasteiger partial charge is 0.472 e. The number of hydrogen-bond acceptors (Lipinski definition) is 10. The lowest BCUT2D eigenvalue weighted by Gasteiger charge is -2.22. The molecule has 14 heteroatoms. The molecule has 0 aromatic rings. The molecule has 12 nitrogen and oxygen atoms in total. The van der Waals surface area contributed by atoms with E-state index in [4.69, 9.17) is 22.8 Å². The molecule has 4 N–H and O–H groups in total. The summed E-state index contributed by atoms with van der Waals surface area (Å²) in [6.45, 7) is 2.37. The van der Waals surface area contributed by atoms with E-state index in [2.05, 4.69) is 22.5 Å². The van der Waals surface area contributed by atoms with Crippen molar-refractivity contribution in [2.75, 3.05) is 61.2 Å². The van der Waals surface area contributed by atoms with Gasteiger partial charge in [0.1, 0.15) is 6.10 Å². The Labute approximate surface area is 196 Å². The van der Waals surface area contributed by atoms with Crippen molar-refractivity contribution in [3.8, 4) is 0 Å². The van der Waals surface area contributed by atoms with Crippen molar-refractivity contribution in [3.05, 3.63) is 0 Å². The van der Waals surface area contributed by atoms with Gasteiger partial charge < -0.3 is 25.2 Å². The average Bonchev–Trinajstić information content (AvgIpc) is 3.32. The fourth-order valence-electron chi connectivity index (χ4n) is 4.27. The van der Waals surface area contributed by atoms with Gasteiger partial charge in [0.2, 0.25) is 0 Å². The van der Waals surface area contributed by atoms with Gasteiger partial charge >= 0.3 is 15.6 Å². The molecule has 4 unspecified atom stereocenters. The Morgan fingerprint density at radius 3 is 2.00 bits per heavy atom. The number of likely N-dealkylation sites (N-methyl/N-ethyl adjacent to an activating group) is 2. The van der Waals surface area contributed by atoms with Crippen LogP contribution in [0.3, 0.4) is 0 Å². The predicted octanol–water partition coefficient (Wildman–Crippen LogP) is 1.19. The Hall–Kier alpha value is 0.0600. The fraction of sp³-hybridized carbons (Fsp3) is 1.00. The molecule has 0 radical (unpaired) electrons. The van der Waals surface area contributed by atoms with Gasteiger partial charge in [-0.3, -0.25) is 23.0 Å². The smallest absolute Gasteiger partial charge is 0.377 e. The van der Waals surface area contributed by atoms with Crippen molar-refractivity contribution in [1.82, 2.24) is 15.5 Å². The van der Waals surface area contributed by atoms with Crippen LogP contribution in [0, 0.1) is 11.8 Å². The molecular formula is C19H41N3O9P2. The third-order valence-corrected chi connectivity index (χ3v) is 8.52. The molecular weight excluding hydrogens is 476 g/mol. The normalized spacial score (nSPS) is 33.1. The lowest BCUT2D eigenvalue weighted by molar-refractivity contribution is -0.000453. The minimum Gasteiger partial charge on any atom is -0.377 e. The number of hydrogen-bond donors (Lipinski definition) is 4. The summed E-state index contributed by atoms with van der Waals surface area (Å²) in [6, 6.07) is 0.671. The van der Waals surface area contributed by atoms with Gasteiger partial charge in [-0.05, 0) is 52.2 Å². The lowest BCUT2D eigenvalue weighted by atomic mass is 10.00. The number of nitrogens with one attached hydrogen (secondary N) is 2. The van der Waals surface area contributed by atoms with E-state index in [1.54, 1.807) is 0 Å². The first-order valence-corrected chi connectivity index (χ1v) is 14.3. The molecule has 2 rings (SSSR count). The zero-order chi connectivity index (χ0) is 24.6. The molecule has 2 fully saturated rings. The molecule has 2 aliphatic rings. The first-order chi connectivity index (χ1) is 15.5. The summed E-state index contributed by atoms with van der Waals surface area (Å²) in [5, 5.41) is 6.40. The summed E-state index contributed by atoms with van der Waals surface area (Å²) >= 11 is 0. The second kappa shape index (κ2) is 13.4. The Kier molecular flexibility index (Phi) is 11.9. The van der Waals surface area contributed by atoms with Gasteiger partial charge in [-0.25, -0.2) is 9.13 Å². The molecule has 0 aromatic heterocycles. The van der Waals surface area contributed by atoms with Gasteiger partial charge in [0.15, 0.2) is 0 Å².